The molecule has 3 N–H and O–H groups in total. The Morgan fingerprint density at radius 2 is 2.30 bits per heavy atom. The van der Waals surface area contributed by atoms with Crippen LogP contribution in [0.3, 0.4) is 0 Å². The summed E-state index contributed by atoms with van der Waals surface area (Å²) in [5.74, 6) is 1.49. The van der Waals surface area contributed by atoms with E-state index in [-0.39, 0.29) is 0 Å². The molecule has 1 saturated heterocycles. The van der Waals surface area contributed by atoms with Crippen LogP contribution in [-0.4, -0.2) is 39.5 Å². The van der Waals surface area contributed by atoms with Gasteiger partial charge in [-0.3, -0.25) is 9.88 Å². The molecule has 3 rings (SSSR count). The molecule has 0 amide bonds. The third kappa shape index (κ3) is 4.30. The topological polar surface area (TPSA) is 80.0 Å². The van der Waals surface area contributed by atoms with Gasteiger partial charge in [0.25, 0.3) is 0 Å². The van der Waals surface area contributed by atoms with E-state index in [2.05, 4.69) is 31.2 Å². The molecule has 7 heteroatoms. The molecular weight excluding hydrogens is 312 g/mol. The van der Waals surface area contributed by atoms with Crippen LogP contribution in [-0.2, 0) is 6.54 Å². The van der Waals surface area contributed by atoms with Crippen molar-refractivity contribution in [3.63, 3.8) is 0 Å². The normalized spacial score (nSPS) is 18.7. The summed E-state index contributed by atoms with van der Waals surface area (Å²) < 4.78 is 0. The molecule has 1 fully saturated rings. The van der Waals surface area contributed by atoms with Crippen molar-refractivity contribution in [2.75, 3.05) is 30.7 Å². The van der Waals surface area contributed by atoms with E-state index < -0.39 is 0 Å². The van der Waals surface area contributed by atoms with E-state index in [1.54, 1.807) is 0 Å². The molecule has 1 unspecified atom stereocenters. The largest absolute Gasteiger partial charge is 0.382 e. The third-order valence-corrected chi connectivity index (χ3v) is 4.48. The fourth-order valence-electron chi connectivity index (χ4n) is 2.96. The molecule has 2 aromatic rings. The minimum absolute atomic E-state index is 0.311. The zero-order chi connectivity index (χ0) is 16.1. The number of nitrogens with one attached hydrogen (secondary N) is 1. The second kappa shape index (κ2) is 7.57. The van der Waals surface area contributed by atoms with Crippen molar-refractivity contribution in [1.29, 1.82) is 0 Å². The zero-order valence-electron chi connectivity index (χ0n) is 13.0. The van der Waals surface area contributed by atoms with Crippen molar-refractivity contribution >= 4 is 23.2 Å². The molecule has 1 aliphatic heterocycles. The Morgan fingerprint density at radius 1 is 1.39 bits per heavy atom. The van der Waals surface area contributed by atoms with E-state index in [1.165, 1.54) is 24.7 Å². The Kier molecular flexibility index (Phi) is 5.25. The van der Waals surface area contributed by atoms with Gasteiger partial charge in [-0.1, -0.05) is 17.7 Å². The van der Waals surface area contributed by atoms with Gasteiger partial charge < -0.3 is 11.1 Å². The van der Waals surface area contributed by atoms with Crippen LogP contribution in [0.25, 0.3) is 0 Å². The molecular formula is C16H21ClN6. The first-order valence-electron chi connectivity index (χ1n) is 7.83. The Balaban J connectivity index is 1.53. The van der Waals surface area contributed by atoms with Crippen LogP contribution >= 0.6 is 11.6 Å². The first kappa shape index (κ1) is 16.0. The lowest BCUT2D eigenvalue weighted by Gasteiger charge is -2.32. The van der Waals surface area contributed by atoms with Gasteiger partial charge in [-0.15, -0.1) is 0 Å². The molecule has 2 aromatic heterocycles. The molecule has 0 aliphatic carbocycles. The number of pyridine rings is 1. The molecule has 0 radical (unpaired) electrons. The van der Waals surface area contributed by atoms with Crippen LogP contribution in [0.1, 0.15) is 18.4 Å². The highest BCUT2D eigenvalue weighted by atomic mass is 35.5. The molecule has 1 atom stereocenters. The van der Waals surface area contributed by atoms with Crippen LogP contribution in [0.2, 0.25) is 5.02 Å². The van der Waals surface area contributed by atoms with Gasteiger partial charge in [-0.25, -0.2) is 9.97 Å². The lowest BCUT2D eigenvalue weighted by atomic mass is 9.97. The van der Waals surface area contributed by atoms with Gasteiger partial charge in [0.15, 0.2) is 0 Å². The van der Waals surface area contributed by atoms with Gasteiger partial charge in [0.05, 0.1) is 0 Å². The van der Waals surface area contributed by atoms with E-state index in [4.69, 9.17) is 17.3 Å². The second-order valence-corrected chi connectivity index (χ2v) is 6.29. The summed E-state index contributed by atoms with van der Waals surface area (Å²) in [5.41, 5.74) is 6.96. The number of nitrogens with two attached hydrogens (primary N) is 1. The highest BCUT2D eigenvalue weighted by Crippen LogP contribution is 2.24. The number of piperidine rings is 1. The van der Waals surface area contributed by atoms with E-state index in [0.29, 0.717) is 22.6 Å². The standard InChI is InChI=1S/C16H21ClN6/c17-14-15(18)21-11-22-16(14)20-8-13-4-2-6-23(10-13)9-12-3-1-5-19-7-12/h1,3,5,7,11,13H,2,4,6,8-10H2,(H3,18,20,21,22). The molecule has 0 bridgehead atoms. The molecule has 1 aliphatic rings. The molecule has 0 spiro atoms. The minimum atomic E-state index is 0.311. The molecule has 122 valence electrons. The number of likely N-dealkylation sites (tertiary alicyclic amines) is 1. The summed E-state index contributed by atoms with van der Waals surface area (Å²) in [6.45, 7) is 3.97. The smallest absolute Gasteiger partial charge is 0.150 e. The van der Waals surface area contributed by atoms with Crippen molar-refractivity contribution in [1.82, 2.24) is 19.9 Å². The minimum Gasteiger partial charge on any atom is -0.382 e. The molecule has 0 saturated carbocycles. The Hall–Kier alpha value is -1.92. The van der Waals surface area contributed by atoms with E-state index in [9.17, 15) is 0 Å². The Bertz CT molecular complexity index is 636. The van der Waals surface area contributed by atoms with Gasteiger partial charge in [-0.05, 0) is 36.9 Å². The number of hydrogen-bond acceptors (Lipinski definition) is 6. The van der Waals surface area contributed by atoms with Gasteiger partial charge in [-0.2, -0.15) is 0 Å². The first-order valence-corrected chi connectivity index (χ1v) is 8.21. The number of halogens is 1. The number of nitrogens with zero attached hydrogens (tertiary/aromatic N) is 4. The maximum Gasteiger partial charge on any atom is 0.150 e. The van der Waals surface area contributed by atoms with Gasteiger partial charge >= 0.3 is 0 Å². The number of rotatable bonds is 5. The first-order chi connectivity index (χ1) is 11.2. The van der Waals surface area contributed by atoms with Crippen molar-refractivity contribution in [2.45, 2.75) is 19.4 Å². The van der Waals surface area contributed by atoms with E-state index >= 15 is 0 Å². The van der Waals surface area contributed by atoms with E-state index in [1.807, 2.05) is 18.5 Å². The number of anilines is 2. The van der Waals surface area contributed by atoms with Crippen LogP contribution < -0.4 is 11.1 Å². The lowest BCUT2D eigenvalue weighted by molar-refractivity contribution is 0.173. The third-order valence-electron chi connectivity index (χ3n) is 4.11. The summed E-state index contributed by atoms with van der Waals surface area (Å²) in [5, 5.41) is 3.70. The Morgan fingerprint density at radius 3 is 3.13 bits per heavy atom. The number of hydrogen-bond donors (Lipinski definition) is 2. The summed E-state index contributed by atoms with van der Waals surface area (Å²) in [4.78, 5) is 14.7. The fourth-order valence-corrected chi connectivity index (χ4v) is 3.12. The predicted octanol–water partition coefficient (Wildman–Crippen LogP) is 2.43. The van der Waals surface area contributed by atoms with Crippen LogP contribution in [0, 0.1) is 5.92 Å². The second-order valence-electron chi connectivity index (χ2n) is 5.91. The Labute approximate surface area is 141 Å². The van der Waals surface area contributed by atoms with Crippen molar-refractivity contribution in [3.8, 4) is 0 Å². The average Bonchev–Trinajstić information content (AvgIpc) is 2.57. The molecule has 3 heterocycles. The van der Waals surface area contributed by atoms with Crippen molar-refractivity contribution < 1.29 is 0 Å². The predicted molar refractivity (Wildman–Crippen MR) is 92.2 cm³/mol. The van der Waals surface area contributed by atoms with E-state index in [0.717, 1.165) is 26.2 Å². The number of nitrogen functional groups attached to an aromatic ring is 1. The lowest BCUT2D eigenvalue weighted by Crippen LogP contribution is -2.37. The van der Waals surface area contributed by atoms with Crippen LogP contribution in [0.4, 0.5) is 11.6 Å². The summed E-state index contributed by atoms with van der Waals surface area (Å²) in [7, 11) is 0. The van der Waals surface area contributed by atoms with Gasteiger partial charge in [0.1, 0.15) is 23.0 Å². The molecule has 23 heavy (non-hydrogen) atoms. The number of aromatic nitrogens is 3. The summed E-state index contributed by atoms with van der Waals surface area (Å²) in [6.07, 6.45) is 7.58. The monoisotopic (exact) mass is 332 g/mol. The van der Waals surface area contributed by atoms with Crippen LogP contribution in [0.15, 0.2) is 30.9 Å². The van der Waals surface area contributed by atoms with Gasteiger partial charge in [0, 0.05) is 32.0 Å². The highest BCUT2D eigenvalue weighted by molar-refractivity contribution is 6.35. The summed E-state index contributed by atoms with van der Waals surface area (Å²) in [6, 6.07) is 4.11. The highest BCUT2D eigenvalue weighted by Gasteiger charge is 2.20. The van der Waals surface area contributed by atoms with Crippen molar-refractivity contribution in [2.24, 2.45) is 5.92 Å². The zero-order valence-corrected chi connectivity index (χ0v) is 13.7. The van der Waals surface area contributed by atoms with Crippen LogP contribution in [0.5, 0.6) is 0 Å². The molecule has 0 aromatic carbocycles. The molecule has 6 nitrogen and oxygen atoms in total. The van der Waals surface area contributed by atoms with Crippen molar-refractivity contribution in [3.05, 3.63) is 41.4 Å². The summed E-state index contributed by atoms with van der Waals surface area (Å²) >= 11 is 6.12. The fraction of sp³-hybridized carbons (Fsp3) is 0.438. The SMILES string of the molecule is Nc1ncnc(NCC2CCCN(Cc3cccnc3)C2)c1Cl. The quantitative estimate of drug-likeness (QED) is 0.875. The maximum absolute atomic E-state index is 6.12. The average molecular weight is 333 g/mol. The van der Waals surface area contributed by atoms with Gasteiger partial charge in [0.2, 0.25) is 0 Å². The maximum atomic E-state index is 6.12.